The summed E-state index contributed by atoms with van der Waals surface area (Å²) in [6, 6.07) is 8.69. The fourth-order valence-corrected chi connectivity index (χ4v) is 3.64. The van der Waals surface area contributed by atoms with Gasteiger partial charge in [-0.15, -0.1) is 11.3 Å². The van der Waals surface area contributed by atoms with Crippen molar-refractivity contribution in [2.45, 2.75) is 20.3 Å². The number of oxazole rings is 1. The van der Waals surface area contributed by atoms with E-state index < -0.39 is 0 Å². The number of hydrogen-bond donors (Lipinski definition) is 1. The summed E-state index contributed by atoms with van der Waals surface area (Å²) in [4.78, 5) is 31.7. The predicted molar refractivity (Wildman–Crippen MR) is 111 cm³/mol. The molecule has 1 N–H and O–H groups in total. The average molecular weight is 418 g/mol. The van der Waals surface area contributed by atoms with Gasteiger partial charge in [-0.1, -0.05) is 17.7 Å². The zero-order valence-corrected chi connectivity index (χ0v) is 17.1. The normalized spacial score (nSPS) is 10.7. The lowest BCUT2D eigenvalue weighted by molar-refractivity contribution is -0.115. The Labute approximate surface area is 172 Å². The number of carbonyl (C=O) groups is 2. The molecule has 0 atom stereocenters. The van der Waals surface area contributed by atoms with Crippen LogP contribution in [-0.2, 0) is 11.2 Å². The Kier molecular flexibility index (Phi) is 6.49. The predicted octanol–water partition coefficient (Wildman–Crippen LogP) is 4.72. The Balaban J connectivity index is 1.64. The Morgan fingerprint density at radius 3 is 2.68 bits per heavy atom. The second-order valence-electron chi connectivity index (χ2n) is 6.02. The van der Waals surface area contributed by atoms with Crippen LogP contribution in [0.1, 0.15) is 29.9 Å². The van der Waals surface area contributed by atoms with Gasteiger partial charge in [0.2, 0.25) is 11.8 Å². The summed E-state index contributed by atoms with van der Waals surface area (Å²) < 4.78 is 5.42. The number of amides is 2. The van der Waals surface area contributed by atoms with E-state index in [2.05, 4.69) is 10.3 Å². The van der Waals surface area contributed by atoms with E-state index in [0.717, 1.165) is 4.88 Å². The van der Waals surface area contributed by atoms with Gasteiger partial charge in [0.1, 0.15) is 6.26 Å². The largest absolute Gasteiger partial charge is 0.444 e. The number of halogens is 1. The molecule has 0 aliphatic heterocycles. The van der Waals surface area contributed by atoms with Crippen LogP contribution in [0.15, 0.2) is 46.4 Å². The van der Waals surface area contributed by atoms with Crippen LogP contribution in [0.25, 0.3) is 10.8 Å². The van der Waals surface area contributed by atoms with E-state index in [1.807, 2.05) is 31.4 Å². The van der Waals surface area contributed by atoms with Crippen molar-refractivity contribution < 1.29 is 14.0 Å². The SMILES string of the molecule is CCN(CC)C(=O)c1ccc(NC(=O)Cc2coc(-c3cccs3)n2)cc1Cl. The summed E-state index contributed by atoms with van der Waals surface area (Å²) in [7, 11) is 0. The molecule has 146 valence electrons. The zero-order chi connectivity index (χ0) is 20.1. The highest BCUT2D eigenvalue weighted by Crippen LogP contribution is 2.25. The number of thiophene rings is 1. The Morgan fingerprint density at radius 2 is 2.04 bits per heavy atom. The number of benzene rings is 1. The standard InChI is InChI=1S/C20H20ClN3O3S/c1-3-24(4-2)20(26)15-8-7-13(10-16(15)21)22-18(25)11-14-12-27-19(23-14)17-6-5-9-28-17/h5-10,12H,3-4,11H2,1-2H3,(H,22,25). The van der Waals surface area contributed by atoms with Crippen molar-refractivity contribution in [1.29, 1.82) is 0 Å². The lowest BCUT2D eigenvalue weighted by Crippen LogP contribution is -2.30. The van der Waals surface area contributed by atoms with Gasteiger partial charge in [-0.2, -0.15) is 0 Å². The van der Waals surface area contributed by atoms with Gasteiger partial charge < -0.3 is 14.6 Å². The lowest BCUT2D eigenvalue weighted by atomic mass is 10.1. The molecule has 0 fully saturated rings. The van der Waals surface area contributed by atoms with Crippen LogP contribution in [0, 0.1) is 0 Å². The second kappa shape index (κ2) is 9.03. The number of nitrogens with zero attached hydrogens (tertiary/aromatic N) is 2. The van der Waals surface area contributed by atoms with E-state index in [9.17, 15) is 9.59 Å². The van der Waals surface area contributed by atoms with Gasteiger partial charge in [0.05, 0.1) is 27.6 Å². The quantitative estimate of drug-likeness (QED) is 0.603. The molecule has 0 radical (unpaired) electrons. The van der Waals surface area contributed by atoms with Gasteiger partial charge in [0.25, 0.3) is 5.91 Å². The molecule has 0 aliphatic rings. The van der Waals surface area contributed by atoms with Gasteiger partial charge in [-0.25, -0.2) is 4.98 Å². The van der Waals surface area contributed by atoms with Crippen molar-refractivity contribution in [3.05, 3.63) is 58.3 Å². The van der Waals surface area contributed by atoms with E-state index in [-0.39, 0.29) is 18.2 Å². The van der Waals surface area contributed by atoms with E-state index in [0.29, 0.717) is 40.9 Å². The molecule has 0 saturated carbocycles. The van der Waals surface area contributed by atoms with Crippen LogP contribution in [0.5, 0.6) is 0 Å². The molecule has 0 bridgehead atoms. The molecule has 0 spiro atoms. The topological polar surface area (TPSA) is 75.4 Å². The minimum Gasteiger partial charge on any atom is -0.444 e. The molecule has 0 unspecified atom stereocenters. The number of rotatable bonds is 7. The highest BCUT2D eigenvalue weighted by atomic mass is 35.5. The molecule has 0 aliphatic carbocycles. The first-order valence-corrected chi connectivity index (χ1v) is 10.1. The van der Waals surface area contributed by atoms with Crippen LogP contribution >= 0.6 is 22.9 Å². The van der Waals surface area contributed by atoms with Crippen LogP contribution in [0.2, 0.25) is 5.02 Å². The number of nitrogens with one attached hydrogen (secondary N) is 1. The molecule has 3 aromatic rings. The van der Waals surface area contributed by atoms with Crippen LogP contribution in [-0.4, -0.2) is 34.8 Å². The van der Waals surface area contributed by atoms with Gasteiger partial charge in [0, 0.05) is 18.8 Å². The Bertz CT molecular complexity index is 965. The third-order valence-corrected chi connectivity index (χ3v) is 5.33. The van der Waals surface area contributed by atoms with Crippen LogP contribution in [0.3, 0.4) is 0 Å². The monoisotopic (exact) mass is 417 g/mol. The van der Waals surface area contributed by atoms with Gasteiger partial charge in [-0.3, -0.25) is 9.59 Å². The summed E-state index contributed by atoms with van der Waals surface area (Å²) in [5, 5.41) is 5.01. The number of hydrogen-bond acceptors (Lipinski definition) is 5. The number of aromatic nitrogens is 1. The Morgan fingerprint density at radius 1 is 1.25 bits per heavy atom. The third-order valence-electron chi connectivity index (χ3n) is 4.16. The van der Waals surface area contributed by atoms with Crippen molar-refractivity contribution in [2.24, 2.45) is 0 Å². The van der Waals surface area contributed by atoms with Crippen molar-refractivity contribution >= 4 is 40.4 Å². The lowest BCUT2D eigenvalue weighted by Gasteiger charge is -2.19. The maximum atomic E-state index is 12.4. The number of carbonyl (C=O) groups excluding carboxylic acids is 2. The van der Waals surface area contributed by atoms with Crippen LogP contribution < -0.4 is 5.32 Å². The van der Waals surface area contributed by atoms with Gasteiger partial charge in [0.15, 0.2) is 0 Å². The van der Waals surface area contributed by atoms with Crippen molar-refractivity contribution in [1.82, 2.24) is 9.88 Å². The summed E-state index contributed by atoms with van der Waals surface area (Å²) in [6.07, 6.45) is 1.56. The molecule has 6 nitrogen and oxygen atoms in total. The van der Waals surface area contributed by atoms with E-state index in [4.69, 9.17) is 16.0 Å². The summed E-state index contributed by atoms with van der Waals surface area (Å²) >= 11 is 7.78. The van der Waals surface area contributed by atoms with Gasteiger partial charge in [-0.05, 0) is 43.5 Å². The Hall–Kier alpha value is -2.64. The highest BCUT2D eigenvalue weighted by Gasteiger charge is 2.17. The zero-order valence-electron chi connectivity index (χ0n) is 15.6. The van der Waals surface area contributed by atoms with Crippen molar-refractivity contribution in [3.63, 3.8) is 0 Å². The summed E-state index contributed by atoms with van der Waals surface area (Å²) in [5.41, 5.74) is 1.48. The molecule has 2 amide bonds. The first kappa shape index (κ1) is 20.1. The van der Waals surface area contributed by atoms with E-state index in [1.165, 1.54) is 17.6 Å². The average Bonchev–Trinajstić information content (AvgIpc) is 3.34. The summed E-state index contributed by atoms with van der Waals surface area (Å²) in [5.74, 6) is 0.126. The minimum atomic E-state index is -0.245. The molecule has 0 saturated heterocycles. The molecule has 2 heterocycles. The number of anilines is 1. The second-order valence-corrected chi connectivity index (χ2v) is 7.37. The smallest absolute Gasteiger partial charge is 0.255 e. The molecule has 8 heteroatoms. The molecule has 3 rings (SSSR count). The van der Waals surface area contributed by atoms with Crippen molar-refractivity contribution in [3.8, 4) is 10.8 Å². The molecule has 28 heavy (non-hydrogen) atoms. The van der Waals surface area contributed by atoms with E-state index in [1.54, 1.807) is 23.1 Å². The fraction of sp³-hybridized carbons (Fsp3) is 0.250. The fourth-order valence-electron chi connectivity index (χ4n) is 2.72. The summed E-state index contributed by atoms with van der Waals surface area (Å²) in [6.45, 7) is 5.04. The highest BCUT2D eigenvalue weighted by molar-refractivity contribution is 7.13. The molecular weight excluding hydrogens is 398 g/mol. The maximum absolute atomic E-state index is 12.4. The molecular formula is C20H20ClN3O3S. The minimum absolute atomic E-state index is 0.0760. The third kappa shape index (κ3) is 4.61. The first-order valence-electron chi connectivity index (χ1n) is 8.88. The van der Waals surface area contributed by atoms with Crippen LogP contribution in [0.4, 0.5) is 5.69 Å². The first-order chi connectivity index (χ1) is 13.5. The van der Waals surface area contributed by atoms with Crippen molar-refractivity contribution in [2.75, 3.05) is 18.4 Å². The van der Waals surface area contributed by atoms with E-state index >= 15 is 0 Å². The maximum Gasteiger partial charge on any atom is 0.255 e. The van der Waals surface area contributed by atoms with Gasteiger partial charge >= 0.3 is 0 Å². The molecule has 1 aromatic carbocycles. The molecule has 2 aromatic heterocycles.